The van der Waals surface area contributed by atoms with Gasteiger partial charge in [0.2, 0.25) is 6.41 Å². The fourth-order valence-electron chi connectivity index (χ4n) is 4.21. The number of hydrogen-bond acceptors (Lipinski definition) is 5. The smallest absolute Gasteiger partial charge is 0.280 e. The Balaban J connectivity index is 1.62. The molecule has 0 spiro atoms. The standard InChI is InChI=1S/C24H22F2N6O/c1-16-5-7-17(8-6-16)19-12-20(23(25)26)32-24(29-19)18(13-28-32)21-14-30(10-11-31(21)15-33)22-4-2-3-9-27-22/h2-9,12-13,15,21,23H,10-11,14H2,1H3. The molecule has 9 heteroatoms. The Morgan fingerprint density at radius 3 is 2.64 bits per heavy atom. The van der Waals surface area contributed by atoms with Crippen LogP contribution < -0.4 is 4.90 Å². The van der Waals surface area contributed by atoms with Gasteiger partial charge < -0.3 is 9.80 Å². The van der Waals surface area contributed by atoms with Crippen molar-refractivity contribution in [2.24, 2.45) is 0 Å². The molecule has 1 aliphatic rings. The zero-order valence-corrected chi connectivity index (χ0v) is 18.0. The van der Waals surface area contributed by atoms with E-state index in [4.69, 9.17) is 4.98 Å². The third-order valence-electron chi connectivity index (χ3n) is 5.99. The zero-order valence-electron chi connectivity index (χ0n) is 18.0. The highest BCUT2D eigenvalue weighted by molar-refractivity contribution is 5.65. The number of carbonyl (C=O) groups is 1. The number of alkyl halides is 2. The van der Waals surface area contributed by atoms with Gasteiger partial charge >= 0.3 is 0 Å². The normalized spacial score (nSPS) is 16.5. The van der Waals surface area contributed by atoms with Crippen molar-refractivity contribution in [3.05, 3.63) is 77.7 Å². The van der Waals surface area contributed by atoms with Gasteiger partial charge in [0.1, 0.15) is 11.5 Å². The number of aryl methyl sites for hydroxylation is 1. The molecule has 4 heterocycles. The number of nitrogens with zero attached hydrogens (tertiary/aromatic N) is 6. The van der Waals surface area contributed by atoms with E-state index >= 15 is 0 Å². The van der Waals surface area contributed by atoms with Crippen molar-refractivity contribution in [3.63, 3.8) is 0 Å². The molecule has 0 aliphatic carbocycles. The minimum Gasteiger partial charge on any atom is -0.352 e. The highest BCUT2D eigenvalue weighted by Crippen LogP contribution is 2.32. The minimum absolute atomic E-state index is 0.239. The van der Waals surface area contributed by atoms with Crippen LogP contribution in [0.15, 0.2) is 60.9 Å². The van der Waals surface area contributed by atoms with Crippen LogP contribution in [0.3, 0.4) is 0 Å². The molecule has 7 nitrogen and oxygen atoms in total. The maximum absolute atomic E-state index is 14.0. The van der Waals surface area contributed by atoms with Gasteiger partial charge in [0, 0.05) is 37.0 Å². The van der Waals surface area contributed by atoms with E-state index in [0.717, 1.165) is 23.4 Å². The van der Waals surface area contributed by atoms with Gasteiger partial charge in [-0.1, -0.05) is 35.9 Å². The summed E-state index contributed by atoms with van der Waals surface area (Å²) in [4.78, 5) is 24.7. The van der Waals surface area contributed by atoms with Crippen LogP contribution in [0.2, 0.25) is 0 Å². The van der Waals surface area contributed by atoms with Crippen molar-refractivity contribution in [2.75, 3.05) is 24.5 Å². The Morgan fingerprint density at radius 2 is 1.94 bits per heavy atom. The van der Waals surface area contributed by atoms with Crippen molar-refractivity contribution in [2.45, 2.75) is 19.4 Å². The highest BCUT2D eigenvalue weighted by Gasteiger charge is 2.31. The number of benzene rings is 1. The first-order chi connectivity index (χ1) is 16.0. The quantitative estimate of drug-likeness (QED) is 0.431. The van der Waals surface area contributed by atoms with Crippen molar-refractivity contribution in [3.8, 4) is 11.3 Å². The summed E-state index contributed by atoms with van der Waals surface area (Å²) in [6, 6.07) is 14.2. The number of carbonyl (C=O) groups excluding carboxylic acids is 1. The van der Waals surface area contributed by atoms with Crippen molar-refractivity contribution < 1.29 is 13.6 Å². The van der Waals surface area contributed by atoms with Gasteiger partial charge in [0.15, 0.2) is 5.65 Å². The van der Waals surface area contributed by atoms with Gasteiger partial charge in [-0.05, 0) is 25.1 Å². The van der Waals surface area contributed by atoms with E-state index in [-0.39, 0.29) is 5.69 Å². The van der Waals surface area contributed by atoms with Crippen LogP contribution in [0, 0.1) is 6.92 Å². The topological polar surface area (TPSA) is 66.6 Å². The average Bonchev–Trinajstić information content (AvgIpc) is 3.27. The van der Waals surface area contributed by atoms with Gasteiger partial charge in [-0.3, -0.25) is 4.79 Å². The lowest BCUT2D eigenvalue weighted by atomic mass is 10.0. The molecule has 5 rings (SSSR count). The SMILES string of the molecule is Cc1ccc(-c2cc(C(F)F)n3ncc(C4CN(c5ccccn5)CCN4C=O)c3n2)cc1. The number of piperazine rings is 1. The molecule has 0 N–H and O–H groups in total. The summed E-state index contributed by atoms with van der Waals surface area (Å²) >= 11 is 0. The van der Waals surface area contributed by atoms with E-state index in [1.54, 1.807) is 11.1 Å². The van der Waals surface area contributed by atoms with Gasteiger partial charge in [0.05, 0.1) is 17.9 Å². The number of hydrogen-bond donors (Lipinski definition) is 0. The first-order valence-electron chi connectivity index (χ1n) is 10.7. The van der Waals surface area contributed by atoms with E-state index < -0.39 is 12.5 Å². The van der Waals surface area contributed by atoms with Gasteiger partial charge in [-0.2, -0.15) is 5.10 Å². The van der Waals surface area contributed by atoms with Crippen LogP contribution in [0.25, 0.3) is 16.9 Å². The molecule has 33 heavy (non-hydrogen) atoms. The molecular weight excluding hydrogens is 426 g/mol. The zero-order chi connectivity index (χ0) is 22.9. The molecule has 1 atom stereocenters. The van der Waals surface area contributed by atoms with Crippen LogP contribution in [-0.2, 0) is 4.79 Å². The fourth-order valence-corrected chi connectivity index (χ4v) is 4.21. The van der Waals surface area contributed by atoms with Crippen LogP contribution in [0.1, 0.15) is 29.3 Å². The number of rotatable bonds is 5. The molecule has 1 aromatic carbocycles. The Morgan fingerprint density at radius 1 is 1.12 bits per heavy atom. The second-order valence-corrected chi connectivity index (χ2v) is 8.06. The maximum atomic E-state index is 14.0. The van der Waals surface area contributed by atoms with E-state index in [1.165, 1.54) is 16.8 Å². The van der Waals surface area contributed by atoms with Crippen molar-refractivity contribution in [1.29, 1.82) is 0 Å². The van der Waals surface area contributed by atoms with E-state index in [9.17, 15) is 13.6 Å². The summed E-state index contributed by atoms with van der Waals surface area (Å²) in [5.74, 6) is 0.797. The molecule has 3 aromatic heterocycles. The Hall–Kier alpha value is -3.88. The predicted octanol–water partition coefficient (Wildman–Crippen LogP) is 4.06. The van der Waals surface area contributed by atoms with Gasteiger partial charge in [-0.15, -0.1) is 0 Å². The van der Waals surface area contributed by atoms with Crippen LogP contribution in [0.4, 0.5) is 14.6 Å². The summed E-state index contributed by atoms with van der Waals surface area (Å²) in [6.07, 6.45) is 1.32. The molecular formula is C24H22F2N6O. The second-order valence-electron chi connectivity index (χ2n) is 8.06. The summed E-state index contributed by atoms with van der Waals surface area (Å²) in [5, 5.41) is 4.23. The summed E-state index contributed by atoms with van der Waals surface area (Å²) in [7, 11) is 0. The number of fused-ring (bicyclic) bond motifs is 1. The number of pyridine rings is 1. The van der Waals surface area contributed by atoms with E-state index in [2.05, 4.69) is 15.0 Å². The molecule has 0 saturated carbocycles. The monoisotopic (exact) mass is 448 g/mol. The first kappa shape index (κ1) is 21.0. The Labute approximate surface area is 189 Å². The summed E-state index contributed by atoms with van der Waals surface area (Å²) in [6.45, 7) is 3.51. The van der Waals surface area contributed by atoms with Crippen LogP contribution >= 0.6 is 0 Å². The van der Waals surface area contributed by atoms with Gasteiger partial charge in [0.25, 0.3) is 6.43 Å². The molecule has 0 radical (unpaired) electrons. The van der Waals surface area contributed by atoms with Crippen LogP contribution in [-0.4, -0.2) is 50.5 Å². The van der Waals surface area contributed by atoms with E-state index in [1.807, 2.05) is 49.4 Å². The lowest BCUT2D eigenvalue weighted by Crippen LogP contribution is -2.48. The van der Waals surface area contributed by atoms with Crippen molar-refractivity contribution >= 4 is 17.9 Å². The molecule has 0 bridgehead atoms. The second kappa shape index (κ2) is 8.57. The number of halogens is 2. The molecule has 168 valence electrons. The fraction of sp³-hybridized carbons (Fsp3) is 0.250. The Bertz CT molecular complexity index is 1280. The average molecular weight is 448 g/mol. The summed E-state index contributed by atoms with van der Waals surface area (Å²) < 4.78 is 29.1. The number of anilines is 1. The maximum Gasteiger partial charge on any atom is 0.280 e. The first-order valence-corrected chi connectivity index (χ1v) is 10.7. The molecule has 1 fully saturated rings. The molecule has 1 aliphatic heterocycles. The lowest BCUT2D eigenvalue weighted by molar-refractivity contribution is -0.120. The highest BCUT2D eigenvalue weighted by atomic mass is 19.3. The third kappa shape index (κ3) is 3.90. The lowest BCUT2D eigenvalue weighted by Gasteiger charge is -2.39. The molecule has 1 unspecified atom stereocenters. The Kier molecular flexibility index (Phi) is 5.45. The largest absolute Gasteiger partial charge is 0.352 e. The molecule has 1 amide bonds. The minimum atomic E-state index is -2.73. The summed E-state index contributed by atoms with van der Waals surface area (Å²) in [5.41, 5.74) is 2.95. The van der Waals surface area contributed by atoms with Gasteiger partial charge in [-0.25, -0.2) is 23.3 Å². The number of aromatic nitrogens is 4. The third-order valence-corrected chi connectivity index (χ3v) is 5.99. The van der Waals surface area contributed by atoms with Crippen LogP contribution in [0.5, 0.6) is 0 Å². The molecule has 1 saturated heterocycles. The van der Waals surface area contributed by atoms with Crippen molar-refractivity contribution in [1.82, 2.24) is 24.5 Å². The van der Waals surface area contributed by atoms with E-state index in [0.29, 0.717) is 36.5 Å². The molecule has 4 aromatic rings. The predicted molar refractivity (Wildman–Crippen MR) is 120 cm³/mol. The number of amides is 1.